The molecule has 0 heterocycles. The van der Waals surface area contributed by atoms with Crippen molar-refractivity contribution in [2.24, 2.45) is 17.8 Å². The smallest absolute Gasteiger partial charge is 0.228 e. The van der Waals surface area contributed by atoms with Crippen molar-refractivity contribution in [2.45, 2.75) is 25.7 Å². The van der Waals surface area contributed by atoms with Gasteiger partial charge in [-0.1, -0.05) is 25.0 Å². The lowest BCUT2D eigenvalue weighted by Crippen LogP contribution is -2.16. The molecule has 1 unspecified atom stereocenters. The third-order valence-corrected chi connectivity index (χ3v) is 4.32. The molecule has 0 bridgehead atoms. The van der Waals surface area contributed by atoms with Crippen molar-refractivity contribution in [2.75, 3.05) is 12.4 Å². The molecule has 2 saturated carbocycles. The lowest BCUT2D eigenvalue weighted by atomic mass is 10.0. The zero-order valence-corrected chi connectivity index (χ0v) is 10.7. The molecular weight excluding hydrogens is 226 g/mol. The molecular formula is C15H19NO2. The summed E-state index contributed by atoms with van der Waals surface area (Å²) >= 11 is 0. The second-order valence-corrected chi connectivity index (χ2v) is 5.33. The van der Waals surface area contributed by atoms with Crippen molar-refractivity contribution < 1.29 is 9.53 Å². The fourth-order valence-electron chi connectivity index (χ4n) is 3.35. The van der Waals surface area contributed by atoms with Crippen molar-refractivity contribution >= 4 is 11.6 Å². The largest absolute Gasteiger partial charge is 0.495 e. The topological polar surface area (TPSA) is 38.3 Å². The number of benzene rings is 1. The van der Waals surface area contributed by atoms with Crippen molar-refractivity contribution in [3.63, 3.8) is 0 Å². The van der Waals surface area contributed by atoms with Crippen molar-refractivity contribution in [1.29, 1.82) is 0 Å². The van der Waals surface area contributed by atoms with Crippen molar-refractivity contribution in [3.05, 3.63) is 24.3 Å². The van der Waals surface area contributed by atoms with Gasteiger partial charge < -0.3 is 10.1 Å². The van der Waals surface area contributed by atoms with Crippen molar-refractivity contribution in [1.82, 2.24) is 0 Å². The molecule has 1 amide bonds. The van der Waals surface area contributed by atoms with Crippen LogP contribution in [-0.2, 0) is 4.79 Å². The fraction of sp³-hybridized carbons (Fsp3) is 0.533. The minimum absolute atomic E-state index is 0.177. The Morgan fingerprint density at radius 3 is 2.56 bits per heavy atom. The summed E-state index contributed by atoms with van der Waals surface area (Å²) in [5.74, 6) is 2.45. The van der Waals surface area contributed by atoms with E-state index in [0.29, 0.717) is 11.8 Å². The number of anilines is 1. The average molecular weight is 245 g/mol. The monoisotopic (exact) mass is 245 g/mol. The Kier molecular flexibility index (Phi) is 2.98. The first kappa shape index (κ1) is 11.6. The van der Waals surface area contributed by atoms with Crippen LogP contribution in [0.5, 0.6) is 5.75 Å². The first-order chi connectivity index (χ1) is 8.81. The molecule has 3 heteroatoms. The van der Waals surface area contributed by atoms with E-state index < -0.39 is 0 Å². The zero-order chi connectivity index (χ0) is 12.5. The summed E-state index contributed by atoms with van der Waals surface area (Å²) < 4.78 is 5.25. The van der Waals surface area contributed by atoms with E-state index in [0.717, 1.165) is 11.4 Å². The van der Waals surface area contributed by atoms with Gasteiger partial charge in [0.2, 0.25) is 5.91 Å². The van der Waals surface area contributed by atoms with Gasteiger partial charge in [-0.05, 0) is 36.8 Å². The van der Waals surface area contributed by atoms with Crippen LogP contribution in [0.1, 0.15) is 25.7 Å². The summed E-state index contributed by atoms with van der Waals surface area (Å²) in [5.41, 5.74) is 0.786. The first-order valence-corrected chi connectivity index (χ1v) is 6.75. The maximum Gasteiger partial charge on any atom is 0.228 e. The normalized spacial score (nSPS) is 29.3. The van der Waals surface area contributed by atoms with Gasteiger partial charge in [-0.15, -0.1) is 0 Å². The van der Waals surface area contributed by atoms with Crippen molar-refractivity contribution in [3.8, 4) is 5.75 Å². The minimum atomic E-state index is 0.177. The molecule has 1 aromatic rings. The molecule has 2 aliphatic rings. The highest BCUT2D eigenvalue weighted by Gasteiger charge is 2.54. The Balaban J connectivity index is 1.68. The molecule has 0 spiro atoms. The summed E-state index contributed by atoms with van der Waals surface area (Å²) in [5, 5.41) is 3.02. The van der Waals surface area contributed by atoms with E-state index in [-0.39, 0.29) is 11.8 Å². The molecule has 0 aliphatic heterocycles. The molecule has 0 saturated heterocycles. The quantitative estimate of drug-likeness (QED) is 0.888. The zero-order valence-electron chi connectivity index (χ0n) is 10.7. The number of ether oxygens (including phenoxy) is 1. The summed E-state index contributed by atoms with van der Waals surface area (Å²) in [6.07, 6.45) is 5.04. The first-order valence-electron chi connectivity index (χ1n) is 6.75. The maximum absolute atomic E-state index is 12.2. The summed E-state index contributed by atoms with van der Waals surface area (Å²) in [7, 11) is 1.63. The number of methoxy groups -OCH3 is 1. The van der Waals surface area contributed by atoms with Gasteiger partial charge in [0.05, 0.1) is 12.8 Å². The van der Waals surface area contributed by atoms with Crippen LogP contribution in [0.4, 0.5) is 5.69 Å². The maximum atomic E-state index is 12.2. The number of carbonyl (C=O) groups excluding carboxylic acids is 1. The molecule has 2 aliphatic carbocycles. The van der Waals surface area contributed by atoms with Gasteiger partial charge in [-0.2, -0.15) is 0 Å². The summed E-state index contributed by atoms with van der Waals surface area (Å²) in [4.78, 5) is 12.2. The lowest BCUT2D eigenvalue weighted by Gasteiger charge is -2.09. The average Bonchev–Trinajstić information content (AvgIpc) is 3.13. The van der Waals surface area contributed by atoms with Crippen LogP contribution in [-0.4, -0.2) is 13.0 Å². The number of para-hydroxylation sites is 2. The van der Waals surface area contributed by atoms with Gasteiger partial charge in [0.15, 0.2) is 0 Å². The minimum Gasteiger partial charge on any atom is -0.495 e. The molecule has 1 aromatic carbocycles. The van der Waals surface area contributed by atoms with E-state index in [4.69, 9.17) is 4.74 Å². The molecule has 0 aromatic heterocycles. The van der Waals surface area contributed by atoms with E-state index in [1.807, 2.05) is 24.3 Å². The van der Waals surface area contributed by atoms with Crippen LogP contribution in [0, 0.1) is 17.8 Å². The molecule has 1 N–H and O–H groups in total. The lowest BCUT2D eigenvalue weighted by molar-refractivity contribution is -0.117. The van der Waals surface area contributed by atoms with Gasteiger partial charge in [0.1, 0.15) is 5.75 Å². The predicted molar refractivity (Wildman–Crippen MR) is 70.6 cm³/mol. The fourth-order valence-corrected chi connectivity index (χ4v) is 3.35. The van der Waals surface area contributed by atoms with E-state index >= 15 is 0 Å². The second kappa shape index (κ2) is 4.63. The van der Waals surface area contributed by atoms with E-state index in [9.17, 15) is 4.79 Å². The SMILES string of the molecule is COc1ccccc1NC(=O)C1[C@H]2CCCC[C@@H]12. The van der Waals surface area contributed by atoms with E-state index in [1.165, 1.54) is 25.7 Å². The number of carbonyl (C=O) groups is 1. The number of fused-ring (bicyclic) bond motifs is 1. The van der Waals surface area contributed by atoms with E-state index in [2.05, 4.69) is 5.32 Å². The van der Waals surface area contributed by atoms with Crippen LogP contribution < -0.4 is 10.1 Å². The molecule has 0 radical (unpaired) electrons. The van der Waals surface area contributed by atoms with Gasteiger partial charge in [-0.3, -0.25) is 4.79 Å². The highest BCUT2D eigenvalue weighted by Crippen LogP contribution is 2.55. The van der Waals surface area contributed by atoms with Gasteiger partial charge in [0, 0.05) is 5.92 Å². The third kappa shape index (κ3) is 1.98. The number of rotatable bonds is 3. The molecule has 3 atom stereocenters. The van der Waals surface area contributed by atoms with Crippen LogP contribution >= 0.6 is 0 Å². The highest BCUT2D eigenvalue weighted by atomic mass is 16.5. The molecule has 2 fully saturated rings. The number of amides is 1. The molecule has 96 valence electrons. The number of hydrogen-bond donors (Lipinski definition) is 1. The van der Waals surface area contributed by atoms with Gasteiger partial charge in [0.25, 0.3) is 0 Å². The standard InChI is InChI=1S/C15H19NO2/c1-18-13-9-5-4-8-12(13)16-15(17)14-10-6-2-3-7-11(10)14/h4-5,8-11,14H,2-3,6-7H2,1H3,(H,16,17)/t10-,11+,14?. The van der Waals surface area contributed by atoms with Gasteiger partial charge in [-0.25, -0.2) is 0 Å². The molecule has 3 rings (SSSR count). The van der Waals surface area contributed by atoms with Crippen LogP contribution in [0.3, 0.4) is 0 Å². The third-order valence-electron chi connectivity index (χ3n) is 4.32. The van der Waals surface area contributed by atoms with E-state index in [1.54, 1.807) is 7.11 Å². The van der Waals surface area contributed by atoms with Crippen LogP contribution in [0.2, 0.25) is 0 Å². The van der Waals surface area contributed by atoms with Crippen LogP contribution in [0.25, 0.3) is 0 Å². The Morgan fingerprint density at radius 1 is 1.22 bits per heavy atom. The van der Waals surface area contributed by atoms with Crippen LogP contribution in [0.15, 0.2) is 24.3 Å². The summed E-state index contributed by atoms with van der Waals surface area (Å²) in [6.45, 7) is 0. The summed E-state index contributed by atoms with van der Waals surface area (Å²) in [6, 6.07) is 7.59. The Labute approximate surface area is 108 Å². The number of nitrogens with one attached hydrogen (secondary N) is 1. The Morgan fingerprint density at radius 2 is 1.89 bits per heavy atom. The highest BCUT2D eigenvalue weighted by molar-refractivity contribution is 5.96. The molecule has 3 nitrogen and oxygen atoms in total. The number of hydrogen-bond acceptors (Lipinski definition) is 2. The van der Waals surface area contributed by atoms with Gasteiger partial charge >= 0.3 is 0 Å². The molecule has 18 heavy (non-hydrogen) atoms. The Bertz CT molecular complexity index is 446. The Hall–Kier alpha value is -1.51. The second-order valence-electron chi connectivity index (χ2n) is 5.33. The predicted octanol–water partition coefficient (Wildman–Crippen LogP) is 3.07.